The van der Waals surface area contributed by atoms with Crippen LogP contribution < -0.4 is 4.89 Å². The summed E-state index contributed by atoms with van der Waals surface area (Å²) in [6.45, 7) is 4.36. The van der Waals surface area contributed by atoms with Gasteiger partial charge in [0.25, 0.3) is 7.82 Å². The number of hydrogen-bond donors (Lipinski definition) is 0. The largest absolute Gasteiger partial charge is 0.756 e. The molecule has 0 fully saturated rings. The number of ether oxygens (including phenoxy) is 2. The quantitative estimate of drug-likeness (QED) is 0.0256. The normalized spacial score (nSPS) is 12.8. The molecule has 100 heavy (non-hydrogen) atoms. The fourth-order valence-electron chi connectivity index (χ4n) is 14.7. The van der Waals surface area contributed by atoms with Crippen LogP contribution in [0, 0.1) is 0 Å². The van der Waals surface area contributed by atoms with Crippen LogP contribution in [0.2, 0.25) is 0 Å². The molecule has 0 spiro atoms. The Bertz CT molecular complexity index is 1640. The minimum atomic E-state index is -4.64. The van der Waals surface area contributed by atoms with Gasteiger partial charge < -0.3 is 27.9 Å². The van der Waals surface area contributed by atoms with Gasteiger partial charge in [0.15, 0.2) is 6.10 Å². The Kier molecular flexibility index (Phi) is 81.3. The van der Waals surface area contributed by atoms with Crippen LogP contribution in [0.5, 0.6) is 0 Å². The van der Waals surface area contributed by atoms with Crippen molar-refractivity contribution < 1.29 is 42.1 Å². The smallest absolute Gasteiger partial charge is 0.306 e. The Morgan fingerprint density at radius 1 is 0.270 bits per heavy atom. The lowest BCUT2D eigenvalue weighted by atomic mass is 10.0. The number of likely N-dealkylation sites (N-methyl/N-ethyl adjacent to an activating group) is 1. The summed E-state index contributed by atoms with van der Waals surface area (Å²) in [6.07, 6.45) is 104. The SMILES string of the molecule is CCCCCCCCCCCCCCCCCCCCCCCCCCCCCCCCCCCCCCCCC(=O)OCC(COP(=O)([O-])OCC[N+](C)(C)C)OC(=O)CCCCCCCCCCCCCCCCCCCCCCCCCCCCCCCCCCCCCCCC. The van der Waals surface area contributed by atoms with Gasteiger partial charge in [-0.1, -0.05) is 489 Å². The van der Waals surface area contributed by atoms with Crippen LogP contribution in [0.4, 0.5) is 0 Å². The average molecular weight is 1440 g/mol. The highest BCUT2D eigenvalue weighted by atomic mass is 31.2. The van der Waals surface area contributed by atoms with Crippen molar-refractivity contribution in [2.45, 2.75) is 521 Å². The zero-order chi connectivity index (χ0) is 72.5. The second-order valence-corrected chi connectivity index (χ2v) is 34.5. The zero-order valence-electron chi connectivity index (χ0n) is 68.7. The number of unbranched alkanes of at least 4 members (excludes halogenated alkanes) is 74. The summed E-state index contributed by atoms with van der Waals surface area (Å²) >= 11 is 0. The average Bonchev–Trinajstić information content (AvgIpc) is 0.934. The minimum absolute atomic E-state index is 0.0245. The molecular formula is C90H180NO8P. The molecule has 0 N–H and O–H groups in total. The molecule has 0 saturated heterocycles. The van der Waals surface area contributed by atoms with Gasteiger partial charge in [-0.2, -0.15) is 0 Å². The number of phosphoric ester groups is 1. The Balaban J connectivity index is 3.81. The molecule has 2 atom stereocenters. The van der Waals surface area contributed by atoms with Crippen molar-refractivity contribution in [2.75, 3.05) is 47.5 Å². The fraction of sp³-hybridized carbons (Fsp3) is 0.978. The lowest BCUT2D eigenvalue weighted by Crippen LogP contribution is -2.37. The highest BCUT2D eigenvalue weighted by molar-refractivity contribution is 7.45. The maximum atomic E-state index is 12.9. The first kappa shape index (κ1) is 99.0. The van der Waals surface area contributed by atoms with Crippen LogP contribution in [-0.2, 0) is 32.7 Å². The second-order valence-electron chi connectivity index (χ2n) is 33.0. The van der Waals surface area contributed by atoms with Crippen molar-refractivity contribution in [1.82, 2.24) is 0 Å². The van der Waals surface area contributed by atoms with E-state index in [1.54, 1.807) is 0 Å². The molecule has 2 unspecified atom stereocenters. The summed E-state index contributed by atoms with van der Waals surface area (Å²) in [5, 5.41) is 0. The van der Waals surface area contributed by atoms with E-state index in [4.69, 9.17) is 18.5 Å². The molecule has 10 heteroatoms. The van der Waals surface area contributed by atoms with Gasteiger partial charge >= 0.3 is 11.9 Å². The first-order valence-corrected chi connectivity index (χ1v) is 47.2. The summed E-state index contributed by atoms with van der Waals surface area (Å²) < 4.78 is 34.5. The molecule has 0 saturated carbocycles. The van der Waals surface area contributed by atoms with Crippen molar-refractivity contribution in [3.63, 3.8) is 0 Å². The molecule has 0 rings (SSSR count). The van der Waals surface area contributed by atoms with Gasteiger partial charge in [-0.25, -0.2) is 0 Å². The molecule has 0 heterocycles. The van der Waals surface area contributed by atoms with Gasteiger partial charge in [-0.05, 0) is 12.8 Å². The standard InChI is InChI=1S/C90H180NO8P/c1-6-8-10-12-14-16-18-20-22-24-26-28-30-32-34-36-38-40-42-44-46-48-50-52-54-56-58-60-62-64-66-68-70-72-74-76-78-80-82-89(92)96-86-88(87-98-100(94,95)97-85-84-91(3,4)5)99-90(93)83-81-79-77-75-73-71-69-67-65-63-61-59-57-55-53-51-49-47-45-43-41-39-37-35-33-31-29-27-25-23-21-19-17-15-13-11-9-7-2/h88H,6-87H2,1-5H3. The summed E-state index contributed by atoms with van der Waals surface area (Å²) in [7, 11) is 1.20. The van der Waals surface area contributed by atoms with Gasteiger partial charge in [-0.3, -0.25) is 14.2 Å². The second kappa shape index (κ2) is 82.1. The zero-order valence-corrected chi connectivity index (χ0v) is 69.6. The van der Waals surface area contributed by atoms with E-state index in [0.717, 1.165) is 32.1 Å². The fourth-order valence-corrected chi connectivity index (χ4v) is 15.4. The van der Waals surface area contributed by atoms with Gasteiger partial charge in [0.05, 0.1) is 27.7 Å². The van der Waals surface area contributed by atoms with Gasteiger partial charge in [0.2, 0.25) is 0 Å². The predicted molar refractivity (Wildman–Crippen MR) is 435 cm³/mol. The number of phosphoric acid groups is 1. The highest BCUT2D eigenvalue weighted by Crippen LogP contribution is 2.38. The molecule has 9 nitrogen and oxygen atoms in total. The molecule has 0 radical (unpaired) electrons. The monoisotopic (exact) mass is 1430 g/mol. The van der Waals surface area contributed by atoms with Crippen molar-refractivity contribution in [3.8, 4) is 0 Å². The van der Waals surface area contributed by atoms with Gasteiger partial charge in [0, 0.05) is 12.8 Å². The number of nitrogens with zero attached hydrogens (tertiary/aromatic N) is 1. The van der Waals surface area contributed by atoms with E-state index in [0.29, 0.717) is 17.4 Å². The molecule has 598 valence electrons. The van der Waals surface area contributed by atoms with Crippen molar-refractivity contribution in [2.24, 2.45) is 0 Å². The number of carbonyl (C=O) groups excluding carboxylic acids is 2. The van der Waals surface area contributed by atoms with E-state index in [2.05, 4.69) is 13.8 Å². The number of quaternary nitrogens is 1. The van der Waals surface area contributed by atoms with Crippen LogP contribution in [0.1, 0.15) is 515 Å². The third-order valence-corrected chi connectivity index (χ3v) is 22.6. The molecule has 0 aromatic rings. The van der Waals surface area contributed by atoms with E-state index in [-0.39, 0.29) is 32.0 Å². The molecule has 0 aliphatic carbocycles. The van der Waals surface area contributed by atoms with Crippen LogP contribution in [-0.4, -0.2) is 70.0 Å². The van der Waals surface area contributed by atoms with Crippen molar-refractivity contribution in [1.29, 1.82) is 0 Å². The summed E-state index contributed by atoms with van der Waals surface area (Å²) in [6, 6.07) is 0. The molecule has 0 bridgehead atoms. The predicted octanol–water partition coefficient (Wildman–Crippen LogP) is 30.1. The maximum Gasteiger partial charge on any atom is 0.306 e. The molecule has 0 amide bonds. The van der Waals surface area contributed by atoms with Crippen LogP contribution in [0.3, 0.4) is 0 Å². The Labute approximate surface area is 626 Å². The maximum absolute atomic E-state index is 12.9. The lowest BCUT2D eigenvalue weighted by Gasteiger charge is -2.28. The number of carbonyl (C=O) groups is 2. The topological polar surface area (TPSA) is 111 Å². The highest BCUT2D eigenvalue weighted by Gasteiger charge is 2.22. The van der Waals surface area contributed by atoms with Crippen molar-refractivity contribution in [3.05, 3.63) is 0 Å². The van der Waals surface area contributed by atoms with Crippen LogP contribution in [0.25, 0.3) is 0 Å². The first-order chi connectivity index (χ1) is 49.0. The third-order valence-electron chi connectivity index (χ3n) is 21.6. The Morgan fingerprint density at radius 3 is 0.640 bits per heavy atom. The van der Waals surface area contributed by atoms with E-state index in [9.17, 15) is 19.0 Å². The van der Waals surface area contributed by atoms with E-state index >= 15 is 0 Å². The van der Waals surface area contributed by atoms with Gasteiger partial charge in [0.1, 0.15) is 19.8 Å². The molecule has 0 aliphatic rings. The molecule has 0 aromatic carbocycles. The lowest BCUT2D eigenvalue weighted by molar-refractivity contribution is -0.870. The van der Waals surface area contributed by atoms with Crippen LogP contribution in [0.15, 0.2) is 0 Å². The summed E-state index contributed by atoms with van der Waals surface area (Å²) in [5.74, 6) is -0.798. The molecule has 0 aromatic heterocycles. The van der Waals surface area contributed by atoms with Crippen LogP contribution >= 0.6 is 7.82 Å². The Hall–Kier alpha value is -0.990. The summed E-state index contributed by atoms with van der Waals surface area (Å²) in [4.78, 5) is 38.3. The van der Waals surface area contributed by atoms with E-state index in [1.807, 2.05) is 21.1 Å². The van der Waals surface area contributed by atoms with E-state index in [1.165, 1.54) is 449 Å². The van der Waals surface area contributed by atoms with Crippen molar-refractivity contribution >= 4 is 19.8 Å². The third kappa shape index (κ3) is 85.9. The Morgan fingerprint density at radius 2 is 0.450 bits per heavy atom. The van der Waals surface area contributed by atoms with E-state index < -0.39 is 26.5 Å². The minimum Gasteiger partial charge on any atom is -0.756 e. The van der Waals surface area contributed by atoms with Gasteiger partial charge in [-0.15, -0.1) is 0 Å². The first-order valence-electron chi connectivity index (χ1n) is 45.7. The number of esters is 2. The number of hydrogen-bond acceptors (Lipinski definition) is 8. The molecular weight excluding hydrogens is 1250 g/mol. The summed E-state index contributed by atoms with van der Waals surface area (Å²) in [5.41, 5.74) is 0. The number of rotatable bonds is 88. The molecule has 0 aliphatic heterocycles.